The number of hydrogen-bond acceptors (Lipinski definition) is 5. The van der Waals surface area contributed by atoms with E-state index in [1.165, 1.54) is 31.4 Å². The smallest absolute Gasteiger partial charge is 0.387 e. The van der Waals surface area contributed by atoms with E-state index in [0.717, 1.165) is 16.0 Å². The van der Waals surface area contributed by atoms with E-state index in [0.29, 0.717) is 12.1 Å². The van der Waals surface area contributed by atoms with Crippen LogP contribution in [0.1, 0.15) is 42.2 Å². The Labute approximate surface area is 200 Å². The molecule has 0 saturated heterocycles. The Kier molecular flexibility index (Phi) is 6.77. The summed E-state index contributed by atoms with van der Waals surface area (Å²) in [5.74, 6) is -1.24. The summed E-state index contributed by atoms with van der Waals surface area (Å²) in [4.78, 5) is 39.6. The number of anilines is 1. The summed E-state index contributed by atoms with van der Waals surface area (Å²) in [5.41, 5.74) is 2.69. The van der Waals surface area contributed by atoms with E-state index in [1.807, 2.05) is 19.1 Å². The second kappa shape index (κ2) is 9.92. The van der Waals surface area contributed by atoms with Crippen molar-refractivity contribution in [3.8, 4) is 11.5 Å². The molecule has 0 bridgehead atoms. The van der Waals surface area contributed by atoms with Crippen molar-refractivity contribution >= 4 is 23.4 Å². The zero-order chi connectivity index (χ0) is 25.1. The summed E-state index contributed by atoms with van der Waals surface area (Å²) in [6, 6.07) is 16.0. The number of halogens is 2. The maximum Gasteiger partial charge on any atom is 0.387 e. The van der Waals surface area contributed by atoms with E-state index < -0.39 is 24.3 Å². The molecule has 1 aliphatic heterocycles. The number of fused-ring (bicyclic) bond motifs is 1. The summed E-state index contributed by atoms with van der Waals surface area (Å²) in [6.07, 6.45) is 0.403. The number of hydrogen-bond donors (Lipinski definition) is 1. The van der Waals surface area contributed by atoms with Gasteiger partial charge in [0, 0.05) is 12.1 Å². The monoisotopic (exact) mass is 480 g/mol. The predicted molar refractivity (Wildman–Crippen MR) is 124 cm³/mol. The van der Waals surface area contributed by atoms with Gasteiger partial charge in [0.1, 0.15) is 0 Å². The molecule has 4 rings (SSSR count). The number of imide groups is 1. The van der Waals surface area contributed by atoms with Crippen molar-refractivity contribution in [3.63, 3.8) is 0 Å². The van der Waals surface area contributed by atoms with Crippen LogP contribution in [0.25, 0.3) is 0 Å². The van der Waals surface area contributed by atoms with E-state index >= 15 is 0 Å². The normalized spacial score (nSPS) is 12.7. The number of nitrogens with one attached hydrogen (secondary N) is 1. The molecule has 0 aliphatic carbocycles. The molecule has 180 valence electrons. The summed E-state index contributed by atoms with van der Waals surface area (Å²) >= 11 is 0. The van der Waals surface area contributed by atoms with Gasteiger partial charge in [-0.05, 0) is 60.9 Å². The molecule has 3 amide bonds. The maximum atomic E-state index is 13.0. The van der Waals surface area contributed by atoms with Gasteiger partial charge in [-0.2, -0.15) is 8.78 Å². The molecule has 9 heteroatoms. The Bertz CT molecular complexity index is 1310. The minimum Gasteiger partial charge on any atom is -0.493 e. The number of amides is 3. The van der Waals surface area contributed by atoms with Crippen molar-refractivity contribution in [3.05, 3.63) is 88.5 Å². The first-order valence-electron chi connectivity index (χ1n) is 10.8. The first-order valence-corrected chi connectivity index (χ1v) is 10.8. The molecule has 0 spiro atoms. The van der Waals surface area contributed by atoms with Crippen molar-refractivity contribution in [1.82, 2.24) is 5.32 Å². The molecule has 1 heterocycles. The second-order valence-corrected chi connectivity index (χ2v) is 7.86. The summed E-state index contributed by atoms with van der Waals surface area (Å²) in [5, 5.41) is 2.76. The highest BCUT2D eigenvalue weighted by molar-refractivity contribution is 6.35. The molecule has 7 nitrogen and oxygen atoms in total. The van der Waals surface area contributed by atoms with Gasteiger partial charge in [-0.15, -0.1) is 0 Å². The Morgan fingerprint density at radius 1 is 0.971 bits per heavy atom. The van der Waals surface area contributed by atoms with Crippen LogP contribution < -0.4 is 19.7 Å². The molecule has 0 aromatic heterocycles. The lowest BCUT2D eigenvalue weighted by Crippen LogP contribution is -2.30. The lowest BCUT2D eigenvalue weighted by atomic mass is 10.1. The fourth-order valence-electron chi connectivity index (χ4n) is 3.90. The highest BCUT2D eigenvalue weighted by Gasteiger charge is 2.37. The van der Waals surface area contributed by atoms with Crippen LogP contribution in [0.4, 0.5) is 14.5 Å². The first-order chi connectivity index (χ1) is 16.8. The molecule has 35 heavy (non-hydrogen) atoms. The average Bonchev–Trinajstić information content (AvgIpc) is 3.09. The molecule has 0 atom stereocenters. The van der Waals surface area contributed by atoms with E-state index in [1.54, 1.807) is 24.3 Å². The first kappa shape index (κ1) is 23.9. The van der Waals surface area contributed by atoms with Gasteiger partial charge in [-0.3, -0.25) is 14.4 Å². The summed E-state index contributed by atoms with van der Waals surface area (Å²) in [6.45, 7) is -0.907. The number of methoxy groups -OCH3 is 1. The molecule has 0 saturated carbocycles. The van der Waals surface area contributed by atoms with Gasteiger partial charge >= 0.3 is 6.61 Å². The van der Waals surface area contributed by atoms with Gasteiger partial charge in [0.2, 0.25) is 0 Å². The molecule has 0 radical (unpaired) electrons. The quantitative estimate of drug-likeness (QED) is 0.484. The minimum absolute atomic E-state index is 0.0765. The second-order valence-electron chi connectivity index (χ2n) is 7.86. The third-order valence-corrected chi connectivity index (χ3v) is 5.65. The van der Waals surface area contributed by atoms with Crippen LogP contribution >= 0.6 is 0 Å². The maximum absolute atomic E-state index is 13.0. The van der Waals surface area contributed by atoms with Gasteiger partial charge in [0.15, 0.2) is 11.5 Å². The van der Waals surface area contributed by atoms with E-state index in [9.17, 15) is 23.2 Å². The van der Waals surface area contributed by atoms with Gasteiger partial charge in [-0.25, -0.2) is 4.90 Å². The van der Waals surface area contributed by atoms with Gasteiger partial charge in [0.05, 0.1) is 23.9 Å². The molecule has 1 aliphatic rings. The topological polar surface area (TPSA) is 84.9 Å². The number of benzene rings is 3. The number of nitrogens with zero attached hydrogens (tertiary/aromatic N) is 1. The number of aryl methyl sites for hydroxylation is 1. The predicted octanol–water partition coefficient (Wildman–Crippen LogP) is 4.38. The van der Waals surface area contributed by atoms with Crippen molar-refractivity contribution in [2.24, 2.45) is 0 Å². The van der Waals surface area contributed by atoms with Crippen LogP contribution in [-0.4, -0.2) is 38.0 Å². The highest BCUT2D eigenvalue weighted by Crippen LogP contribution is 2.31. The van der Waals surface area contributed by atoms with Crippen molar-refractivity contribution in [1.29, 1.82) is 0 Å². The lowest BCUT2D eigenvalue weighted by molar-refractivity contribution is -0.0512. The largest absolute Gasteiger partial charge is 0.493 e. The van der Waals surface area contributed by atoms with E-state index in [2.05, 4.69) is 10.1 Å². The van der Waals surface area contributed by atoms with Crippen LogP contribution in [0.2, 0.25) is 0 Å². The summed E-state index contributed by atoms with van der Waals surface area (Å²) in [7, 11) is 1.35. The van der Waals surface area contributed by atoms with Crippen LogP contribution in [0.5, 0.6) is 11.5 Å². The minimum atomic E-state index is -2.97. The number of carbonyl (C=O) groups is 3. The van der Waals surface area contributed by atoms with Crippen LogP contribution in [0.15, 0.2) is 60.7 Å². The van der Waals surface area contributed by atoms with Gasteiger partial charge < -0.3 is 14.8 Å². The number of rotatable bonds is 8. The van der Waals surface area contributed by atoms with Crippen molar-refractivity contribution < 1.29 is 32.6 Å². The molecular formula is C26H22F2N2O5. The number of para-hydroxylation sites is 1. The molecule has 3 aromatic carbocycles. The lowest BCUT2D eigenvalue weighted by Gasteiger charge is -2.16. The van der Waals surface area contributed by atoms with E-state index in [-0.39, 0.29) is 34.7 Å². The third-order valence-electron chi connectivity index (χ3n) is 5.65. The molecule has 1 N–H and O–H groups in total. The highest BCUT2D eigenvalue weighted by atomic mass is 19.3. The van der Waals surface area contributed by atoms with Gasteiger partial charge in [-0.1, -0.05) is 24.3 Å². The van der Waals surface area contributed by atoms with Crippen LogP contribution in [0.3, 0.4) is 0 Å². The summed E-state index contributed by atoms with van der Waals surface area (Å²) < 4.78 is 34.4. The van der Waals surface area contributed by atoms with Crippen LogP contribution in [0, 0.1) is 6.92 Å². The fourth-order valence-corrected chi connectivity index (χ4v) is 3.90. The Hall–Kier alpha value is -4.27. The fraction of sp³-hybridized carbons (Fsp3) is 0.192. The SMILES string of the molecule is COc1cc(CCNC(=O)c2ccc3c(c2)C(=O)N(c2ccccc2C)C3=O)ccc1OC(F)F. The van der Waals surface area contributed by atoms with Crippen molar-refractivity contribution in [2.45, 2.75) is 20.0 Å². The van der Waals surface area contributed by atoms with Crippen LogP contribution in [-0.2, 0) is 6.42 Å². The van der Waals surface area contributed by atoms with E-state index in [4.69, 9.17) is 4.74 Å². The zero-order valence-corrected chi connectivity index (χ0v) is 19.0. The third kappa shape index (κ3) is 4.84. The average molecular weight is 480 g/mol. The standard InChI is InChI=1S/C26H22F2N2O5/c1-15-5-3-4-6-20(15)30-24(32)18-9-8-17(14-19(18)25(30)33)23(31)29-12-11-16-7-10-21(35-26(27)28)22(13-16)34-2/h3-10,13-14,26H,11-12H2,1-2H3,(H,29,31). The number of carbonyl (C=O) groups excluding carboxylic acids is 3. The van der Waals surface area contributed by atoms with Crippen molar-refractivity contribution in [2.75, 3.05) is 18.6 Å². The Balaban J connectivity index is 1.43. The molecule has 0 unspecified atom stereocenters. The molecule has 0 fully saturated rings. The van der Waals surface area contributed by atoms with Gasteiger partial charge in [0.25, 0.3) is 17.7 Å². The Morgan fingerprint density at radius 2 is 1.71 bits per heavy atom. The molecular weight excluding hydrogens is 458 g/mol. The Morgan fingerprint density at radius 3 is 2.43 bits per heavy atom. The zero-order valence-electron chi connectivity index (χ0n) is 19.0. The number of alkyl halides is 2. The molecule has 3 aromatic rings. The number of ether oxygens (including phenoxy) is 2.